The molecule has 1 heterocycles. The van der Waals surface area contributed by atoms with E-state index in [1.165, 1.54) is 44.8 Å². The highest BCUT2D eigenvalue weighted by Gasteiger charge is 2.08. The number of ether oxygens (including phenoxy) is 2. The summed E-state index contributed by atoms with van der Waals surface area (Å²) in [6.45, 7) is 4.06. The molecule has 0 bridgehead atoms. The molecule has 27 heavy (non-hydrogen) atoms. The number of hydrogen-bond acceptors (Lipinski definition) is 5. The quantitative estimate of drug-likeness (QED) is 0.533. The molecule has 6 heteroatoms. The Morgan fingerprint density at radius 2 is 2.04 bits per heavy atom. The van der Waals surface area contributed by atoms with E-state index in [1.807, 2.05) is 12.1 Å². The topological polar surface area (TPSA) is 74.6 Å². The number of amides is 1. The molecule has 1 N–H and O–H groups in total. The molecule has 1 aromatic rings. The van der Waals surface area contributed by atoms with Crippen LogP contribution in [-0.4, -0.2) is 50.7 Å². The normalized spacial score (nSPS) is 15.1. The molecule has 1 aromatic carbocycles. The van der Waals surface area contributed by atoms with Crippen molar-refractivity contribution in [3.05, 3.63) is 29.8 Å². The molecule has 0 atom stereocenters. The minimum atomic E-state index is -0.102. The number of nitrogens with one attached hydrogen (secondary N) is 1. The van der Waals surface area contributed by atoms with Gasteiger partial charge in [0.15, 0.2) is 18.1 Å². The zero-order valence-corrected chi connectivity index (χ0v) is 16.1. The number of nitrogens with zero attached hydrogens (tertiary/aromatic N) is 2. The maximum atomic E-state index is 12.0. The zero-order chi connectivity index (χ0) is 19.3. The predicted octanol–water partition coefficient (Wildman–Crippen LogP) is 2.99. The molecule has 1 saturated heterocycles. The second-order valence-electron chi connectivity index (χ2n) is 6.59. The largest absolute Gasteiger partial charge is 0.493 e. The van der Waals surface area contributed by atoms with Gasteiger partial charge in [-0.25, -0.2) is 0 Å². The summed E-state index contributed by atoms with van der Waals surface area (Å²) in [4.78, 5) is 14.5. The van der Waals surface area contributed by atoms with Crippen LogP contribution >= 0.6 is 0 Å². The molecular formula is C21H29N3O3. The van der Waals surface area contributed by atoms with Crippen molar-refractivity contribution < 1.29 is 14.3 Å². The summed E-state index contributed by atoms with van der Waals surface area (Å²) in [6, 6.07) is 7.25. The van der Waals surface area contributed by atoms with Gasteiger partial charge in [0.2, 0.25) is 5.91 Å². The molecule has 1 amide bonds. The summed E-state index contributed by atoms with van der Waals surface area (Å²) in [6.07, 6.45) is 9.50. The first-order valence-electron chi connectivity index (χ1n) is 9.59. The molecule has 0 aliphatic carbocycles. The molecule has 0 unspecified atom stereocenters. The first kappa shape index (κ1) is 20.8. The molecule has 6 nitrogen and oxygen atoms in total. The number of carbonyl (C=O) groups excluding carboxylic acids is 1. The van der Waals surface area contributed by atoms with E-state index in [0.29, 0.717) is 18.0 Å². The van der Waals surface area contributed by atoms with Crippen LogP contribution in [0.4, 0.5) is 0 Å². The van der Waals surface area contributed by atoms with Crippen molar-refractivity contribution in [1.82, 2.24) is 10.2 Å². The van der Waals surface area contributed by atoms with Crippen LogP contribution in [0.2, 0.25) is 0 Å². The Labute approximate surface area is 161 Å². The molecule has 0 aromatic heterocycles. The van der Waals surface area contributed by atoms with Gasteiger partial charge < -0.3 is 19.7 Å². The number of carbonyl (C=O) groups is 1. The fraction of sp³-hybridized carbons (Fsp3) is 0.524. The average molecular weight is 371 g/mol. The smallest absolute Gasteiger partial charge is 0.243 e. The molecule has 0 spiro atoms. The lowest BCUT2D eigenvalue weighted by atomic mass is 10.2. The van der Waals surface area contributed by atoms with Crippen LogP contribution in [-0.2, 0) is 4.79 Å². The number of hydrogen-bond donors (Lipinski definition) is 1. The molecule has 1 aliphatic heterocycles. The zero-order valence-electron chi connectivity index (χ0n) is 16.1. The Balaban J connectivity index is 1.74. The van der Waals surface area contributed by atoms with Crippen LogP contribution < -0.4 is 14.8 Å². The van der Waals surface area contributed by atoms with Gasteiger partial charge in [-0.1, -0.05) is 18.9 Å². The van der Waals surface area contributed by atoms with Crippen molar-refractivity contribution in [2.45, 2.75) is 32.1 Å². The maximum Gasteiger partial charge on any atom is 0.243 e. The van der Waals surface area contributed by atoms with Gasteiger partial charge in [0, 0.05) is 12.6 Å². The van der Waals surface area contributed by atoms with Crippen molar-refractivity contribution in [1.29, 1.82) is 5.26 Å². The lowest BCUT2D eigenvalue weighted by Gasteiger charge is -2.19. The summed E-state index contributed by atoms with van der Waals surface area (Å²) in [5.74, 6) is 0.939. The van der Waals surface area contributed by atoms with E-state index in [9.17, 15) is 4.79 Å². The highest BCUT2D eigenvalue weighted by Crippen LogP contribution is 2.28. The second-order valence-corrected chi connectivity index (χ2v) is 6.59. The maximum absolute atomic E-state index is 12.0. The molecule has 0 radical (unpaired) electrons. The summed E-state index contributed by atoms with van der Waals surface area (Å²) in [7, 11) is 1.54. The average Bonchev–Trinajstić information content (AvgIpc) is 2.97. The summed E-state index contributed by atoms with van der Waals surface area (Å²) >= 11 is 0. The van der Waals surface area contributed by atoms with Gasteiger partial charge in [-0.15, -0.1) is 0 Å². The molecule has 146 valence electrons. The van der Waals surface area contributed by atoms with Gasteiger partial charge in [-0.2, -0.15) is 5.26 Å². The van der Waals surface area contributed by atoms with E-state index in [0.717, 1.165) is 18.5 Å². The van der Waals surface area contributed by atoms with Crippen LogP contribution in [0.3, 0.4) is 0 Å². The van der Waals surface area contributed by atoms with Gasteiger partial charge >= 0.3 is 0 Å². The van der Waals surface area contributed by atoms with E-state index in [-0.39, 0.29) is 12.5 Å². The Morgan fingerprint density at radius 1 is 1.26 bits per heavy atom. The van der Waals surface area contributed by atoms with Crippen molar-refractivity contribution in [2.24, 2.45) is 0 Å². The highest BCUT2D eigenvalue weighted by molar-refractivity contribution is 5.91. The van der Waals surface area contributed by atoms with Crippen LogP contribution in [0.5, 0.6) is 11.5 Å². The van der Waals surface area contributed by atoms with E-state index in [1.54, 1.807) is 25.3 Å². The van der Waals surface area contributed by atoms with E-state index in [2.05, 4.69) is 10.2 Å². The van der Waals surface area contributed by atoms with Crippen LogP contribution in [0.15, 0.2) is 24.3 Å². The highest BCUT2D eigenvalue weighted by atomic mass is 16.5. The minimum Gasteiger partial charge on any atom is -0.493 e. The molecule has 1 fully saturated rings. The van der Waals surface area contributed by atoms with Crippen molar-refractivity contribution in [2.75, 3.05) is 39.9 Å². The van der Waals surface area contributed by atoms with Gasteiger partial charge in [0.25, 0.3) is 0 Å². The molecule has 0 saturated carbocycles. The van der Waals surface area contributed by atoms with Gasteiger partial charge in [-0.05, 0) is 62.7 Å². The molecular weight excluding hydrogens is 342 g/mol. The van der Waals surface area contributed by atoms with Gasteiger partial charge in [0.05, 0.1) is 7.11 Å². The third kappa shape index (κ3) is 7.71. The Hall–Kier alpha value is -2.52. The Morgan fingerprint density at radius 3 is 2.74 bits per heavy atom. The van der Waals surface area contributed by atoms with Crippen molar-refractivity contribution in [3.8, 4) is 17.6 Å². The standard InChI is InChI=1S/C21H29N3O3/c1-26-20-17-18(7-9-19(20)27-16-11-22)8-10-21(25)23-12-6-15-24-13-4-2-3-5-14-24/h7-10,17H,2-6,12-16H2,1H3,(H,23,25)/b10-8+. The predicted molar refractivity (Wildman–Crippen MR) is 106 cm³/mol. The fourth-order valence-corrected chi connectivity index (χ4v) is 3.12. The lowest BCUT2D eigenvalue weighted by molar-refractivity contribution is -0.116. The van der Waals surface area contributed by atoms with E-state index >= 15 is 0 Å². The fourth-order valence-electron chi connectivity index (χ4n) is 3.12. The van der Waals surface area contributed by atoms with Crippen LogP contribution in [0.25, 0.3) is 6.08 Å². The van der Waals surface area contributed by atoms with Gasteiger partial charge in [-0.3, -0.25) is 4.79 Å². The first-order chi connectivity index (χ1) is 13.2. The number of likely N-dealkylation sites (tertiary alicyclic amines) is 1. The first-order valence-corrected chi connectivity index (χ1v) is 9.59. The van der Waals surface area contributed by atoms with E-state index < -0.39 is 0 Å². The molecule has 2 rings (SSSR count). The second kappa shape index (κ2) is 12.0. The summed E-state index contributed by atoms with van der Waals surface area (Å²) < 4.78 is 10.5. The number of methoxy groups -OCH3 is 1. The number of benzene rings is 1. The summed E-state index contributed by atoms with van der Waals surface area (Å²) in [5, 5.41) is 11.5. The number of rotatable bonds is 9. The third-order valence-corrected chi connectivity index (χ3v) is 4.56. The van der Waals surface area contributed by atoms with Crippen LogP contribution in [0.1, 0.15) is 37.7 Å². The Bertz CT molecular complexity index is 659. The minimum absolute atomic E-state index is 0.0363. The van der Waals surface area contributed by atoms with Crippen molar-refractivity contribution >= 4 is 12.0 Å². The van der Waals surface area contributed by atoms with E-state index in [4.69, 9.17) is 14.7 Å². The summed E-state index contributed by atoms with van der Waals surface area (Å²) in [5.41, 5.74) is 0.830. The SMILES string of the molecule is COc1cc(/C=C/C(=O)NCCCN2CCCCCC2)ccc1OCC#N. The van der Waals surface area contributed by atoms with Crippen LogP contribution in [0, 0.1) is 11.3 Å². The molecule has 1 aliphatic rings. The Kier molecular flexibility index (Phi) is 9.22. The lowest BCUT2D eigenvalue weighted by Crippen LogP contribution is -2.30. The third-order valence-electron chi connectivity index (χ3n) is 4.56. The number of nitriles is 1. The monoisotopic (exact) mass is 371 g/mol. The van der Waals surface area contributed by atoms with Crippen molar-refractivity contribution in [3.63, 3.8) is 0 Å². The van der Waals surface area contributed by atoms with Gasteiger partial charge in [0.1, 0.15) is 6.07 Å².